The van der Waals surface area contributed by atoms with Crippen molar-refractivity contribution in [3.63, 3.8) is 0 Å². The highest BCUT2D eigenvalue weighted by Gasteiger charge is 2.33. The lowest BCUT2D eigenvalue weighted by molar-refractivity contribution is -0.149. The molecule has 3 aromatic carbocycles. The summed E-state index contributed by atoms with van der Waals surface area (Å²) in [5.41, 5.74) is 4.09. The number of carbonyl (C=O) groups excluding carboxylic acids is 2. The second-order valence-electron chi connectivity index (χ2n) is 8.87. The predicted octanol–water partition coefficient (Wildman–Crippen LogP) is 5.12. The molecule has 0 fully saturated rings. The molecule has 4 aromatic rings. The lowest BCUT2D eigenvalue weighted by Crippen LogP contribution is -2.41. The highest BCUT2D eigenvalue weighted by molar-refractivity contribution is 5.87. The molecular formula is C28H28N2O4. The van der Waals surface area contributed by atoms with E-state index in [1.807, 2.05) is 61.5 Å². The van der Waals surface area contributed by atoms with E-state index in [9.17, 15) is 9.59 Å². The molecule has 1 aliphatic rings. The van der Waals surface area contributed by atoms with Crippen LogP contribution < -0.4 is 4.74 Å². The molecule has 6 heteroatoms. The van der Waals surface area contributed by atoms with Crippen molar-refractivity contribution in [3.8, 4) is 5.75 Å². The van der Waals surface area contributed by atoms with Crippen LogP contribution in [0.4, 0.5) is 0 Å². The molecule has 1 amide bonds. The fraction of sp³-hybridized carbons (Fsp3) is 0.286. The van der Waals surface area contributed by atoms with Gasteiger partial charge in [0, 0.05) is 30.1 Å². The minimum absolute atomic E-state index is 0.0247. The number of aromatic amines is 1. The maximum atomic E-state index is 13.0. The van der Waals surface area contributed by atoms with Gasteiger partial charge in [-0.05, 0) is 53.4 Å². The van der Waals surface area contributed by atoms with Gasteiger partial charge in [0.1, 0.15) is 18.4 Å². The maximum absolute atomic E-state index is 13.0. The Kier molecular flexibility index (Phi) is 5.74. The lowest BCUT2D eigenvalue weighted by atomic mass is 9.97. The first-order valence-electron chi connectivity index (χ1n) is 11.6. The Labute approximate surface area is 198 Å². The van der Waals surface area contributed by atoms with Crippen molar-refractivity contribution in [2.75, 3.05) is 20.3 Å². The summed E-state index contributed by atoms with van der Waals surface area (Å²) in [5.74, 6) is 0.0394. The molecule has 2 heterocycles. The van der Waals surface area contributed by atoms with E-state index in [2.05, 4.69) is 11.1 Å². The summed E-state index contributed by atoms with van der Waals surface area (Å²) in [4.78, 5) is 30.7. The van der Waals surface area contributed by atoms with Crippen LogP contribution >= 0.6 is 0 Å². The van der Waals surface area contributed by atoms with Crippen molar-refractivity contribution >= 4 is 33.6 Å². The van der Waals surface area contributed by atoms with E-state index in [-0.39, 0.29) is 24.5 Å². The second-order valence-corrected chi connectivity index (χ2v) is 8.87. The number of amides is 1. The molecule has 1 aromatic heterocycles. The molecule has 0 bridgehead atoms. The first-order valence-corrected chi connectivity index (χ1v) is 11.6. The Morgan fingerprint density at radius 2 is 1.85 bits per heavy atom. The number of H-pyrrole nitrogens is 1. The van der Waals surface area contributed by atoms with Gasteiger partial charge in [0.25, 0.3) is 0 Å². The van der Waals surface area contributed by atoms with Gasteiger partial charge < -0.3 is 19.4 Å². The van der Waals surface area contributed by atoms with Crippen LogP contribution in [-0.4, -0.2) is 42.0 Å². The number of ether oxygens (including phenoxy) is 2. The SMILES string of the molecule is COc1ccc2cc([C@H](C)C(=O)OC[C@@H]3c4[nH]c5ccccc5c4CCN3C(C)=O)ccc2c1. The Morgan fingerprint density at radius 1 is 1.09 bits per heavy atom. The molecular weight excluding hydrogens is 428 g/mol. The molecule has 1 aliphatic heterocycles. The van der Waals surface area contributed by atoms with E-state index in [4.69, 9.17) is 9.47 Å². The average molecular weight is 457 g/mol. The number of hydrogen-bond donors (Lipinski definition) is 1. The quantitative estimate of drug-likeness (QED) is 0.423. The highest BCUT2D eigenvalue weighted by atomic mass is 16.5. The minimum atomic E-state index is -0.428. The zero-order chi connectivity index (χ0) is 23.8. The molecule has 1 N–H and O–H groups in total. The number of rotatable bonds is 5. The topological polar surface area (TPSA) is 71.6 Å². The third kappa shape index (κ3) is 3.89. The zero-order valence-corrected chi connectivity index (χ0v) is 19.6. The fourth-order valence-corrected chi connectivity index (χ4v) is 4.93. The number of nitrogens with zero attached hydrogens (tertiary/aromatic N) is 1. The van der Waals surface area contributed by atoms with Crippen molar-refractivity contribution < 1.29 is 19.1 Å². The minimum Gasteiger partial charge on any atom is -0.497 e. The van der Waals surface area contributed by atoms with Crippen LogP contribution in [0.3, 0.4) is 0 Å². The second kappa shape index (κ2) is 8.86. The normalized spacial score (nSPS) is 16.3. The van der Waals surface area contributed by atoms with E-state index >= 15 is 0 Å². The number of para-hydroxylation sites is 1. The molecule has 0 radical (unpaired) electrons. The number of methoxy groups -OCH3 is 1. The lowest BCUT2D eigenvalue weighted by Gasteiger charge is -2.35. The van der Waals surface area contributed by atoms with Gasteiger partial charge in [0.05, 0.1) is 13.0 Å². The van der Waals surface area contributed by atoms with E-state index < -0.39 is 5.92 Å². The summed E-state index contributed by atoms with van der Waals surface area (Å²) >= 11 is 0. The van der Waals surface area contributed by atoms with Crippen LogP contribution in [0.25, 0.3) is 21.7 Å². The first-order chi connectivity index (χ1) is 16.5. The summed E-state index contributed by atoms with van der Waals surface area (Å²) in [7, 11) is 1.64. The van der Waals surface area contributed by atoms with E-state index in [0.29, 0.717) is 6.54 Å². The van der Waals surface area contributed by atoms with E-state index in [0.717, 1.165) is 45.1 Å². The van der Waals surface area contributed by atoms with Crippen molar-refractivity contribution in [1.82, 2.24) is 9.88 Å². The average Bonchev–Trinajstić information content (AvgIpc) is 3.24. The predicted molar refractivity (Wildman–Crippen MR) is 132 cm³/mol. The molecule has 0 aliphatic carbocycles. The van der Waals surface area contributed by atoms with Gasteiger partial charge >= 0.3 is 5.97 Å². The molecule has 174 valence electrons. The van der Waals surface area contributed by atoms with Crippen molar-refractivity contribution in [2.45, 2.75) is 32.2 Å². The van der Waals surface area contributed by atoms with Crippen LogP contribution in [0.1, 0.15) is 42.6 Å². The number of carbonyl (C=O) groups is 2. The van der Waals surface area contributed by atoms with Crippen molar-refractivity contribution in [2.24, 2.45) is 0 Å². The Morgan fingerprint density at radius 3 is 2.65 bits per heavy atom. The zero-order valence-electron chi connectivity index (χ0n) is 19.6. The van der Waals surface area contributed by atoms with Crippen molar-refractivity contribution in [1.29, 1.82) is 0 Å². The molecule has 34 heavy (non-hydrogen) atoms. The maximum Gasteiger partial charge on any atom is 0.313 e. The van der Waals surface area contributed by atoms with Gasteiger partial charge in [0.15, 0.2) is 0 Å². The molecule has 0 unspecified atom stereocenters. The van der Waals surface area contributed by atoms with Gasteiger partial charge in [0.2, 0.25) is 5.91 Å². The summed E-state index contributed by atoms with van der Waals surface area (Å²) in [6, 6.07) is 19.6. The van der Waals surface area contributed by atoms with E-state index in [1.165, 1.54) is 5.56 Å². The first kappa shape index (κ1) is 22.0. The van der Waals surface area contributed by atoms with Gasteiger partial charge in [-0.15, -0.1) is 0 Å². The fourth-order valence-electron chi connectivity index (χ4n) is 4.93. The van der Waals surface area contributed by atoms with Crippen LogP contribution in [0, 0.1) is 0 Å². The number of esters is 1. The van der Waals surface area contributed by atoms with Crippen LogP contribution in [0.5, 0.6) is 5.75 Å². The number of nitrogens with one attached hydrogen (secondary N) is 1. The van der Waals surface area contributed by atoms with Gasteiger partial charge in [-0.25, -0.2) is 0 Å². The van der Waals surface area contributed by atoms with E-state index in [1.54, 1.807) is 18.9 Å². The molecule has 0 saturated heterocycles. The van der Waals surface area contributed by atoms with Gasteiger partial charge in [-0.1, -0.05) is 42.5 Å². The molecule has 0 spiro atoms. The number of hydrogen-bond acceptors (Lipinski definition) is 4. The standard InChI is InChI=1S/C28H28N2O4/c1-17(19-8-9-21-15-22(33-3)11-10-20(21)14-19)28(32)34-16-26-27-24(12-13-30(26)18(2)31)23-6-4-5-7-25(23)29-27/h4-11,14-15,17,26,29H,12-13,16H2,1-3H3/t17-,26+/m0/s1. The highest BCUT2D eigenvalue weighted by Crippen LogP contribution is 2.35. The molecule has 2 atom stereocenters. The summed E-state index contributed by atoms with van der Waals surface area (Å²) < 4.78 is 11.1. The van der Waals surface area contributed by atoms with Crippen LogP contribution in [0.15, 0.2) is 60.7 Å². The number of benzene rings is 3. The Bertz CT molecular complexity index is 1390. The van der Waals surface area contributed by atoms with Gasteiger partial charge in [-0.3, -0.25) is 9.59 Å². The molecule has 5 rings (SSSR count). The molecule has 0 saturated carbocycles. The monoisotopic (exact) mass is 456 g/mol. The summed E-state index contributed by atoms with van der Waals surface area (Å²) in [5, 5.41) is 3.25. The largest absolute Gasteiger partial charge is 0.497 e. The summed E-state index contributed by atoms with van der Waals surface area (Å²) in [6.45, 7) is 4.14. The third-order valence-corrected chi connectivity index (χ3v) is 6.87. The number of fused-ring (bicyclic) bond motifs is 4. The Hall–Kier alpha value is -3.80. The third-order valence-electron chi connectivity index (χ3n) is 6.87. The Balaban J connectivity index is 1.36. The number of aromatic nitrogens is 1. The smallest absolute Gasteiger partial charge is 0.313 e. The van der Waals surface area contributed by atoms with Crippen LogP contribution in [0.2, 0.25) is 0 Å². The van der Waals surface area contributed by atoms with Crippen LogP contribution in [-0.2, 0) is 20.7 Å². The molecule has 6 nitrogen and oxygen atoms in total. The van der Waals surface area contributed by atoms with Gasteiger partial charge in [-0.2, -0.15) is 0 Å². The summed E-state index contributed by atoms with van der Waals surface area (Å²) in [6.07, 6.45) is 0.779. The van der Waals surface area contributed by atoms with Crippen molar-refractivity contribution in [3.05, 3.63) is 77.5 Å².